The molecule has 1 aromatic carbocycles. The summed E-state index contributed by atoms with van der Waals surface area (Å²) in [7, 11) is 0. The fraction of sp³-hybridized carbons (Fsp3) is 0.133. The lowest BCUT2D eigenvalue weighted by atomic mass is 10.3. The van der Waals surface area contributed by atoms with E-state index in [0.717, 1.165) is 0 Å². The average Bonchev–Trinajstić information content (AvgIpc) is 3.04. The van der Waals surface area contributed by atoms with E-state index in [1.54, 1.807) is 11.4 Å². The van der Waals surface area contributed by atoms with Crippen molar-refractivity contribution in [2.45, 2.75) is 13.0 Å². The number of rotatable bonds is 5. The number of esters is 1. The summed E-state index contributed by atoms with van der Waals surface area (Å²) < 4.78 is 6.44. The van der Waals surface area contributed by atoms with Crippen molar-refractivity contribution in [2.75, 3.05) is 0 Å². The number of thiophene rings is 1. The highest BCUT2D eigenvalue weighted by molar-refractivity contribution is 7.16. The molecule has 0 unspecified atom stereocenters. The zero-order valence-corrected chi connectivity index (χ0v) is 13.1. The molecule has 0 fully saturated rings. The molecular formula is C15H11N3O5S. The Labute approximate surface area is 139 Å². The molecular weight excluding hydrogens is 334 g/mol. The van der Waals surface area contributed by atoms with E-state index in [4.69, 9.17) is 4.74 Å². The minimum Gasteiger partial charge on any atom is -0.426 e. The minimum absolute atomic E-state index is 0.0196. The number of ether oxygens (including phenoxy) is 1. The number of nitro benzene ring substituents is 1. The molecule has 0 atom stereocenters. The molecule has 122 valence electrons. The van der Waals surface area contributed by atoms with Crippen molar-refractivity contribution in [2.24, 2.45) is 0 Å². The van der Waals surface area contributed by atoms with Gasteiger partial charge in [-0.05, 0) is 23.6 Å². The number of benzene rings is 1. The van der Waals surface area contributed by atoms with Gasteiger partial charge in [0.1, 0.15) is 10.6 Å². The third-order valence-corrected chi connectivity index (χ3v) is 4.11. The van der Waals surface area contributed by atoms with Gasteiger partial charge < -0.3 is 4.74 Å². The second kappa shape index (κ2) is 6.59. The predicted octanol–water partition coefficient (Wildman–Crippen LogP) is 2.36. The highest BCUT2D eigenvalue weighted by Gasteiger charge is 2.10. The van der Waals surface area contributed by atoms with Crippen molar-refractivity contribution in [1.82, 2.24) is 9.55 Å². The van der Waals surface area contributed by atoms with Crippen LogP contribution in [-0.2, 0) is 11.3 Å². The Bertz CT molecular complexity index is 961. The van der Waals surface area contributed by atoms with Crippen LogP contribution in [0.5, 0.6) is 5.75 Å². The van der Waals surface area contributed by atoms with Crippen molar-refractivity contribution in [3.63, 3.8) is 0 Å². The van der Waals surface area contributed by atoms with Gasteiger partial charge in [-0.1, -0.05) is 0 Å². The van der Waals surface area contributed by atoms with Gasteiger partial charge in [-0.2, -0.15) is 0 Å². The molecule has 3 rings (SSSR count). The molecule has 0 aliphatic rings. The SMILES string of the molecule is O=C(CCn1cnc2sccc2c1=O)Oc1ccc([N+](=O)[O-])cc1. The van der Waals surface area contributed by atoms with Crippen molar-refractivity contribution >= 4 is 33.2 Å². The van der Waals surface area contributed by atoms with E-state index in [2.05, 4.69) is 4.98 Å². The van der Waals surface area contributed by atoms with E-state index >= 15 is 0 Å². The monoisotopic (exact) mass is 345 g/mol. The Kier molecular flexibility index (Phi) is 4.34. The largest absolute Gasteiger partial charge is 0.426 e. The number of hydrogen-bond acceptors (Lipinski definition) is 7. The normalized spacial score (nSPS) is 10.7. The average molecular weight is 345 g/mol. The maximum Gasteiger partial charge on any atom is 0.312 e. The summed E-state index contributed by atoms with van der Waals surface area (Å²) in [5, 5.41) is 12.9. The molecule has 0 aliphatic carbocycles. The Hall–Kier alpha value is -3.07. The first-order valence-corrected chi connectivity index (χ1v) is 7.80. The summed E-state index contributed by atoms with van der Waals surface area (Å²) in [6.07, 6.45) is 1.38. The summed E-state index contributed by atoms with van der Waals surface area (Å²) in [6, 6.07) is 6.90. The van der Waals surface area contributed by atoms with Crippen LogP contribution in [0, 0.1) is 10.1 Å². The number of non-ortho nitro benzene ring substituents is 1. The van der Waals surface area contributed by atoms with Crippen molar-refractivity contribution in [1.29, 1.82) is 0 Å². The number of carbonyl (C=O) groups excluding carboxylic acids is 1. The van der Waals surface area contributed by atoms with E-state index in [1.807, 2.05) is 0 Å². The molecule has 24 heavy (non-hydrogen) atoms. The van der Waals surface area contributed by atoms with Crippen LogP contribution < -0.4 is 10.3 Å². The van der Waals surface area contributed by atoms with Crippen molar-refractivity contribution < 1.29 is 14.5 Å². The Morgan fingerprint density at radius 2 is 2.04 bits per heavy atom. The lowest BCUT2D eigenvalue weighted by molar-refractivity contribution is -0.384. The zero-order chi connectivity index (χ0) is 17.1. The second-order valence-electron chi connectivity index (χ2n) is 4.86. The molecule has 2 aromatic heterocycles. The van der Waals surface area contributed by atoms with Gasteiger partial charge >= 0.3 is 5.97 Å². The van der Waals surface area contributed by atoms with E-state index in [1.165, 1.54) is 46.5 Å². The predicted molar refractivity (Wildman–Crippen MR) is 87.2 cm³/mol. The Morgan fingerprint density at radius 3 is 2.75 bits per heavy atom. The number of nitro groups is 1. The standard InChI is InChI=1S/C15H11N3O5S/c19-13(23-11-3-1-10(2-4-11)18(21)22)5-7-17-9-16-14-12(15(17)20)6-8-24-14/h1-4,6,8-9H,5,7H2. The van der Waals surface area contributed by atoms with Crippen LogP contribution in [0.2, 0.25) is 0 Å². The van der Waals surface area contributed by atoms with Crippen molar-refractivity contribution in [3.8, 4) is 5.75 Å². The number of hydrogen-bond donors (Lipinski definition) is 0. The molecule has 0 spiro atoms. The summed E-state index contributed by atoms with van der Waals surface area (Å²) in [4.78, 5) is 38.9. The van der Waals surface area contributed by atoms with Gasteiger partial charge in [0, 0.05) is 18.7 Å². The molecule has 0 saturated carbocycles. The van der Waals surface area contributed by atoms with Gasteiger partial charge in [-0.15, -0.1) is 11.3 Å². The number of carbonyl (C=O) groups is 1. The Morgan fingerprint density at radius 1 is 1.29 bits per heavy atom. The van der Waals surface area contributed by atoms with Gasteiger partial charge in [0.2, 0.25) is 0 Å². The second-order valence-corrected chi connectivity index (χ2v) is 5.75. The highest BCUT2D eigenvalue weighted by atomic mass is 32.1. The Balaban J connectivity index is 1.63. The molecule has 2 heterocycles. The summed E-state index contributed by atoms with van der Waals surface area (Å²) in [5.74, 6) is -0.328. The van der Waals surface area contributed by atoms with Crippen LogP contribution >= 0.6 is 11.3 Å². The minimum atomic E-state index is -0.541. The molecule has 0 saturated heterocycles. The summed E-state index contributed by atoms with van der Waals surface area (Å²) in [5.41, 5.74) is -0.291. The zero-order valence-electron chi connectivity index (χ0n) is 12.2. The third kappa shape index (κ3) is 3.30. The number of fused-ring (bicyclic) bond motifs is 1. The van der Waals surface area contributed by atoms with E-state index in [-0.39, 0.29) is 30.0 Å². The van der Waals surface area contributed by atoms with Gasteiger partial charge in [-0.25, -0.2) is 4.98 Å². The third-order valence-electron chi connectivity index (χ3n) is 3.29. The first-order valence-electron chi connectivity index (χ1n) is 6.92. The highest BCUT2D eigenvalue weighted by Crippen LogP contribution is 2.18. The van der Waals surface area contributed by atoms with Gasteiger partial charge in [-0.3, -0.25) is 24.3 Å². The topological polar surface area (TPSA) is 104 Å². The molecule has 8 nitrogen and oxygen atoms in total. The molecule has 0 bridgehead atoms. The maximum absolute atomic E-state index is 12.2. The van der Waals surface area contributed by atoms with Crippen LogP contribution in [-0.4, -0.2) is 20.4 Å². The van der Waals surface area contributed by atoms with E-state index in [0.29, 0.717) is 10.2 Å². The summed E-state index contributed by atoms with van der Waals surface area (Å²) >= 11 is 1.38. The van der Waals surface area contributed by atoms with Gasteiger partial charge in [0.25, 0.3) is 11.2 Å². The van der Waals surface area contributed by atoms with E-state index in [9.17, 15) is 19.7 Å². The molecule has 0 aliphatic heterocycles. The molecule has 0 amide bonds. The van der Waals surface area contributed by atoms with Gasteiger partial charge in [0.05, 0.1) is 23.1 Å². The smallest absolute Gasteiger partial charge is 0.312 e. The van der Waals surface area contributed by atoms with Crippen LogP contribution in [0.15, 0.2) is 46.8 Å². The molecule has 9 heteroatoms. The van der Waals surface area contributed by atoms with Crippen LogP contribution in [0.3, 0.4) is 0 Å². The van der Waals surface area contributed by atoms with Crippen LogP contribution in [0.4, 0.5) is 5.69 Å². The fourth-order valence-electron chi connectivity index (χ4n) is 2.08. The van der Waals surface area contributed by atoms with E-state index < -0.39 is 10.9 Å². The van der Waals surface area contributed by atoms with Gasteiger partial charge in [0.15, 0.2) is 0 Å². The fourth-order valence-corrected chi connectivity index (χ4v) is 2.81. The number of nitrogens with zero attached hydrogens (tertiary/aromatic N) is 3. The number of aryl methyl sites for hydroxylation is 1. The van der Waals surface area contributed by atoms with Crippen LogP contribution in [0.25, 0.3) is 10.2 Å². The molecule has 0 radical (unpaired) electrons. The quantitative estimate of drug-likeness (QED) is 0.304. The summed E-state index contributed by atoms with van der Waals surface area (Å²) in [6.45, 7) is 0.142. The molecule has 3 aromatic rings. The number of aromatic nitrogens is 2. The lowest BCUT2D eigenvalue weighted by Gasteiger charge is -2.06. The maximum atomic E-state index is 12.2. The first kappa shape index (κ1) is 15.8. The first-order chi connectivity index (χ1) is 11.5. The van der Waals surface area contributed by atoms with Crippen molar-refractivity contribution in [3.05, 3.63) is 62.5 Å². The van der Waals surface area contributed by atoms with Crippen LogP contribution in [0.1, 0.15) is 6.42 Å². The molecule has 0 N–H and O–H groups in total. The lowest BCUT2D eigenvalue weighted by Crippen LogP contribution is -2.22.